The Balaban J connectivity index is 1.96. The second-order valence-corrected chi connectivity index (χ2v) is 7.79. The maximum absolute atomic E-state index is 5.56. The van der Waals surface area contributed by atoms with Crippen LogP contribution in [0.3, 0.4) is 0 Å². The third-order valence-corrected chi connectivity index (χ3v) is 6.71. The lowest BCUT2D eigenvalue weighted by atomic mass is 10.1. The Kier molecular flexibility index (Phi) is 4.73. The van der Waals surface area contributed by atoms with E-state index in [0.717, 1.165) is 36.8 Å². The molecule has 1 saturated heterocycles. The van der Waals surface area contributed by atoms with Gasteiger partial charge >= 0.3 is 0 Å². The van der Waals surface area contributed by atoms with Crippen LogP contribution in [-0.4, -0.2) is 39.9 Å². The first-order valence-electron chi connectivity index (χ1n) is 7.24. The predicted molar refractivity (Wildman–Crippen MR) is 86.7 cm³/mol. The molecule has 0 saturated carbocycles. The molecule has 1 N–H and O–H groups in total. The van der Waals surface area contributed by atoms with Gasteiger partial charge in [0.15, 0.2) is 0 Å². The van der Waals surface area contributed by atoms with Crippen molar-refractivity contribution in [2.75, 3.05) is 30.0 Å². The largest absolute Gasteiger partial charge is 0.376 e. The molecular formula is C14H21N3OS2. The summed E-state index contributed by atoms with van der Waals surface area (Å²) in [4.78, 5) is 9.68. The lowest BCUT2D eigenvalue weighted by molar-refractivity contribution is 0.109. The van der Waals surface area contributed by atoms with Crippen LogP contribution in [0.1, 0.15) is 36.2 Å². The number of thioether (sulfide) groups is 2. The maximum Gasteiger partial charge on any atom is 0.145 e. The van der Waals surface area contributed by atoms with Gasteiger partial charge in [-0.15, -0.1) is 11.8 Å². The van der Waals surface area contributed by atoms with Gasteiger partial charge in [0.25, 0.3) is 0 Å². The van der Waals surface area contributed by atoms with Crippen molar-refractivity contribution in [2.24, 2.45) is 0 Å². The summed E-state index contributed by atoms with van der Waals surface area (Å²) in [5.41, 5.74) is 2.34. The van der Waals surface area contributed by atoms with Gasteiger partial charge in [0.2, 0.25) is 0 Å². The van der Waals surface area contributed by atoms with Crippen LogP contribution in [0.4, 0.5) is 5.82 Å². The minimum Gasteiger partial charge on any atom is -0.376 e. The van der Waals surface area contributed by atoms with E-state index in [1.54, 1.807) is 0 Å². The molecule has 1 fully saturated rings. The fourth-order valence-electron chi connectivity index (χ4n) is 2.61. The predicted octanol–water partition coefficient (Wildman–Crippen LogP) is 2.89. The minimum atomic E-state index is 0.416. The third-order valence-electron chi connectivity index (χ3n) is 3.63. The second-order valence-electron chi connectivity index (χ2n) is 5.06. The highest BCUT2D eigenvalue weighted by molar-refractivity contribution is 8.06. The molecule has 2 unspecified atom stereocenters. The number of anilines is 1. The van der Waals surface area contributed by atoms with E-state index in [2.05, 4.69) is 19.2 Å². The number of nitrogens with one attached hydrogen (secondary N) is 1. The van der Waals surface area contributed by atoms with E-state index in [1.165, 1.54) is 17.2 Å². The average molecular weight is 311 g/mol. The zero-order chi connectivity index (χ0) is 13.9. The van der Waals surface area contributed by atoms with Crippen LogP contribution in [-0.2, 0) is 17.8 Å². The summed E-state index contributed by atoms with van der Waals surface area (Å²) in [6, 6.07) is 0. The van der Waals surface area contributed by atoms with Crippen LogP contribution in [0, 0.1) is 0 Å². The highest BCUT2D eigenvalue weighted by atomic mass is 32.2. The number of rotatable bonds is 3. The fourth-order valence-corrected chi connectivity index (χ4v) is 5.30. The number of fused-ring (bicyclic) bond motifs is 1. The van der Waals surface area contributed by atoms with Gasteiger partial charge in [-0.3, -0.25) is 0 Å². The number of ether oxygens (including phenoxy) is 1. The molecule has 0 spiro atoms. The van der Waals surface area contributed by atoms with Crippen molar-refractivity contribution in [3.63, 3.8) is 0 Å². The molecule has 0 aliphatic carbocycles. The monoisotopic (exact) mass is 311 g/mol. The van der Waals surface area contributed by atoms with Crippen molar-refractivity contribution in [3.8, 4) is 0 Å². The topological polar surface area (TPSA) is 47.0 Å². The molecule has 20 heavy (non-hydrogen) atoms. The Bertz CT molecular complexity index is 484. The van der Waals surface area contributed by atoms with Crippen molar-refractivity contribution in [1.29, 1.82) is 0 Å². The van der Waals surface area contributed by atoms with Gasteiger partial charge in [-0.1, -0.05) is 6.92 Å². The summed E-state index contributed by atoms with van der Waals surface area (Å²) < 4.78 is 5.56. The molecule has 2 atom stereocenters. The number of nitrogens with zero attached hydrogens (tertiary/aromatic N) is 2. The van der Waals surface area contributed by atoms with Crippen molar-refractivity contribution < 1.29 is 4.74 Å². The molecule has 4 nitrogen and oxygen atoms in total. The van der Waals surface area contributed by atoms with Crippen LogP contribution >= 0.6 is 23.5 Å². The first-order chi connectivity index (χ1) is 9.79. The number of aromatic nitrogens is 2. The molecule has 6 heteroatoms. The first-order valence-corrected chi connectivity index (χ1v) is 9.34. The molecule has 110 valence electrons. The van der Waals surface area contributed by atoms with Crippen molar-refractivity contribution >= 4 is 29.3 Å². The minimum absolute atomic E-state index is 0.416. The Morgan fingerprint density at radius 1 is 1.30 bits per heavy atom. The van der Waals surface area contributed by atoms with Crippen LogP contribution < -0.4 is 5.32 Å². The van der Waals surface area contributed by atoms with Gasteiger partial charge in [-0.05, 0) is 6.92 Å². The zero-order valence-electron chi connectivity index (χ0n) is 12.0. The Morgan fingerprint density at radius 2 is 2.15 bits per heavy atom. The molecule has 0 amide bonds. The quantitative estimate of drug-likeness (QED) is 0.926. The molecule has 3 rings (SSSR count). The molecule has 0 aromatic carbocycles. The highest BCUT2D eigenvalue weighted by Gasteiger charge is 2.29. The van der Waals surface area contributed by atoms with Crippen LogP contribution in [0.2, 0.25) is 0 Å². The molecule has 0 radical (unpaired) electrons. The second kappa shape index (κ2) is 6.54. The van der Waals surface area contributed by atoms with E-state index >= 15 is 0 Å². The van der Waals surface area contributed by atoms with Gasteiger partial charge in [0.05, 0.1) is 24.2 Å². The average Bonchev–Trinajstić information content (AvgIpc) is 2.48. The Hall–Kier alpha value is -0.460. The number of hydrogen-bond donors (Lipinski definition) is 1. The molecule has 0 bridgehead atoms. The fraction of sp³-hybridized carbons (Fsp3) is 0.714. The van der Waals surface area contributed by atoms with Crippen LogP contribution in [0.15, 0.2) is 0 Å². The Morgan fingerprint density at radius 3 is 2.95 bits per heavy atom. The van der Waals surface area contributed by atoms with Gasteiger partial charge in [0, 0.05) is 35.3 Å². The van der Waals surface area contributed by atoms with E-state index in [9.17, 15) is 0 Å². The van der Waals surface area contributed by atoms with Gasteiger partial charge in [-0.2, -0.15) is 11.8 Å². The molecule has 1 aromatic heterocycles. The van der Waals surface area contributed by atoms with E-state index in [1.807, 2.05) is 23.5 Å². The summed E-state index contributed by atoms with van der Waals surface area (Å²) in [6.45, 7) is 6.69. The lowest BCUT2D eigenvalue weighted by Crippen LogP contribution is -2.23. The normalized spacial score (nSPS) is 26.1. The van der Waals surface area contributed by atoms with Gasteiger partial charge < -0.3 is 10.1 Å². The maximum atomic E-state index is 5.56. The van der Waals surface area contributed by atoms with Crippen LogP contribution in [0.5, 0.6) is 0 Å². The summed E-state index contributed by atoms with van der Waals surface area (Å²) in [6.07, 6.45) is 0.905. The molecule has 2 aliphatic heterocycles. The van der Waals surface area contributed by atoms with Crippen molar-refractivity contribution in [1.82, 2.24) is 9.97 Å². The third kappa shape index (κ3) is 2.92. The molecule has 2 aliphatic rings. The zero-order valence-corrected chi connectivity index (χ0v) is 13.6. The van der Waals surface area contributed by atoms with E-state index in [-0.39, 0.29) is 0 Å². The summed E-state index contributed by atoms with van der Waals surface area (Å²) >= 11 is 4.03. The first kappa shape index (κ1) is 14.5. The SMILES string of the molecule is CCNc1nc(C2SCCSC2C)nc2c1COCC2. The smallest absolute Gasteiger partial charge is 0.145 e. The van der Waals surface area contributed by atoms with Crippen molar-refractivity contribution in [3.05, 3.63) is 17.1 Å². The number of hydrogen-bond acceptors (Lipinski definition) is 6. The molecule has 1 aromatic rings. The Labute approximate surface area is 128 Å². The van der Waals surface area contributed by atoms with E-state index < -0.39 is 0 Å². The summed E-state index contributed by atoms with van der Waals surface area (Å²) in [5.74, 6) is 4.42. The summed E-state index contributed by atoms with van der Waals surface area (Å²) in [5, 5.41) is 4.38. The standard InChI is InChI=1S/C14H21N3OS2/c1-3-15-13-10-8-18-5-4-11(10)16-14(17-13)12-9(2)19-6-7-20-12/h9,12H,3-8H2,1-2H3,(H,15,16,17). The lowest BCUT2D eigenvalue weighted by Gasteiger charge is -2.28. The van der Waals surface area contributed by atoms with Gasteiger partial charge in [0.1, 0.15) is 11.6 Å². The van der Waals surface area contributed by atoms with Crippen molar-refractivity contribution in [2.45, 2.75) is 37.4 Å². The molecule has 3 heterocycles. The van der Waals surface area contributed by atoms with E-state index in [4.69, 9.17) is 14.7 Å². The van der Waals surface area contributed by atoms with E-state index in [0.29, 0.717) is 17.1 Å². The molecular weight excluding hydrogens is 290 g/mol. The highest BCUT2D eigenvalue weighted by Crippen LogP contribution is 2.41. The van der Waals surface area contributed by atoms with Gasteiger partial charge in [-0.25, -0.2) is 9.97 Å². The summed E-state index contributed by atoms with van der Waals surface area (Å²) in [7, 11) is 0. The van der Waals surface area contributed by atoms with Crippen LogP contribution in [0.25, 0.3) is 0 Å².